The first-order valence-corrected chi connectivity index (χ1v) is 7.01. The van der Waals surface area contributed by atoms with Crippen LogP contribution in [0.3, 0.4) is 0 Å². The number of fused-ring (bicyclic) bond motifs is 1. The fourth-order valence-electron chi connectivity index (χ4n) is 2.45. The fourth-order valence-corrected chi connectivity index (χ4v) is 2.62. The highest BCUT2D eigenvalue weighted by molar-refractivity contribution is 6.28. The molecule has 116 valence electrons. The van der Waals surface area contributed by atoms with Gasteiger partial charge in [0.2, 0.25) is 5.28 Å². The molecule has 22 heavy (non-hydrogen) atoms. The summed E-state index contributed by atoms with van der Waals surface area (Å²) < 4.78 is 7.05. The number of allylic oxidation sites excluding steroid dienone is 1. The highest BCUT2D eigenvalue weighted by atomic mass is 35.5. The first-order chi connectivity index (χ1) is 10.6. The monoisotopic (exact) mass is 323 g/mol. The van der Waals surface area contributed by atoms with E-state index in [1.54, 1.807) is 6.33 Å². The lowest BCUT2D eigenvalue weighted by molar-refractivity contribution is -0.144. The largest absolute Gasteiger partial charge is 0.458 e. The van der Waals surface area contributed by atoms with Crippen molar-refractivity contribution in [3.63, 3.8) is 0 Å². The van der Waals surface area contributed by atoms with Gasteiger partial charge in [0.15, 0.2) is 17.0 Å². The summed E-state index contributed by atoms with van der Waals surface area (Å²) in [6.07, 6.45) is 5.85. The number of ether oxygens (including phenoxy) is 1. The van der Waals surface area contributed by atoms with Crippen LogP contribution in [0.15, 0.2) is 18.5 Å². The molecule has 1 N–H and O–H groups in total. The van der Waals surface area contributed by atoms with Crippen LogP contribution < -0.4 is 5.48 Å². The number of imidazole rings is 1. The Balaban J connectivity index is 1.93. The Labute approximate surface area is 131 Å². The number of halogens is 1. The van der Waals surface area contributed by atoms with Crippen LogP contribution in [-0.4, -0.2) is 38.7 Å². The van der Waals surface area contributed by atoms with Gasteiger partial charge < -0.3 is 9.30 Å². The van der Waals surface area contributed by atoms with Gasteiger partial charge in [0.1, 0.15) is 6.10 Å². The van der Waals surface area contributed by atoms with Gasteiger partial charge in [-0.15, -0.1) is 0 Å². The van der Waals surface area contributed by atoms with Crippen molar-refractivity contribution in [2.75, 3.05) is 12.6 Å². The molecular weight excluding hydrogens is 310 g/mol. The van der Waals surface area contributed by atoms with Crippen molar-refractivity contribution in [1.29, 1.82) is 0 Å². The van der Waals surface area contributed by atoms with Gasteiger partial charge in [0.05, 0.1) is 19.5 Å². The van der Waals surface area contributed by atoms with Crippen molar-refractivity contribution < 1.29 is 14.4 Å². The number of anilines is 1. The maximum absolute atomic E-state index is 11.0. The number of nitrogens with one attached hydrogen (secondary N) is 1. The third-order valence-electron chi connectivity index (χ3n) is 3.29. The summed E-state index contributed by atoms with van der Waals surface area (Å²) in [6, 6.07) is -0.0179. The molecule has 0 spiro atoms. The summed E-state index contributed by atoms with van der Waals surface area (Å²) in [5, 5.41) is 0.0901. The Morgan fingerprint density at radius 2 is 2.27 bits per heavy atom. The molecule has 1 aliphatic carbocycles. The Morgan fingerprint density at radius 1 is 1.45 bits per heavy atom. The van der Waals surface area contributed by atoms with E-state index >= 15 is 0 Å². The van der Waals surface area contributed by atoms with Crippen molar-refractivity contribution in [3.05, 3.63) is 23.8 Å². The van der Waals surface area contributed by atoms with Crippen molar-refractivity contribution in [2.24, 2.45) is 0 Å². The predicted octanol–water partition coefficient (Wildman–Crippen LogP) is 1.89. The Morgan fingerprint density at radius 3 is 3.00 bits per heavy atom. The molecule has 9 heteroatoms. The van der Waals surface area contributed by atoms with Crippen LogP contribution in [-0.2, 0) is 14.4 Å². The van der Waals surface area contributed by atoms with E-state index in [1.165, 1.54) is 14.0 Å². The quantitative estimate of drug-likeness (QED) is 0.397. The van der Waals surface area contributed by atoms with Gasteiger partial charge in [-0.1, -0.05) is 6.08 Å². The number of esters is 1. The minimum absolute atomic E-state index is 0.0179. The number of aromatic nitrogens is 4. The van der Waals surface area contributed by atoms with E-state index in [0.717, 1.165) is 0 Å². The summed E-state index contributed by atoms with van der Waals surface area (Å²) in [5.41, 5.74) is 3.76. The van der Waals surface area contributed by atoms with E-state index < -0.39 is 0 Å². The zero-order valence-electron chi connectivity index (χ0n) is 12.0. The first-order valence-electron chi connectivity index (χ1n) is 6.63. The molecule has 8 nitrogen and oxygen atoms in total. The molecule has 0 amide bonds. The topological polar surface area (TPSA) is 91.2 Å². The molecule has 0 aromatic carbocycles. The Hall–Kier alpha value is -2.19. The smallest absolute Gasteiger partial charge is 0.303 e. The van der Waals surface area contributed by atoms with Crippen LogP contribution in [0.4, 0.5) is 5.82 Å². The molecule has 2 heterocycles. The molecule has 0 radical (unpaired) electrons. The molecule has 0 saturated heterocycles. The fraction of sp³-hybridized carbons (Fsp3) is 0.385. The van der Waals surface area contributed by atoms with E-state index in [0.29, 0.717) is 23.4 Å². The van der Waals surface area contributed by atoms with Gasteiger partial charge >= 0.3 is 5.97 Å². The van der Waals surface area contributed by atoms with Gasteiger partial charge in [-0.3, -0.25) is 9.63 Å². The number of nitrogens with zero attached hydrogens (tertiary/aromatic N) is 4. The summed E-state index contributed by atoms with van der Waals surface area (Å²) in [7, 11) is 1.47. The van der Waals surface area contributed by atoms with E-state index in [-0.39, 0.29) is 23.4 Å². The summed E-state index contributed by atoms with van der Waals surface area (Å²) in [5.74, 6) is 0.0949. The zero-order chi connectivity index (χ0) is 15.7. The number of carbonyl (C=O) groups is 1. The third-order valence-corrected chi connectivity index (χ3v) is 3.46. The lowest BCUT2D eigenvalue weighted by Gasteiger charge is -2.14. The van der Waals surface area contributed by atoms with Gasteiger partial charge in [-0.2, -0.15) is 9.97 Å². The highest BCUT2D eigenvalue weighted by Gasteiger charge is 2.25. The van der Waals surface area contributed by atoms with Crippen molar-refractivity contribution >= 4 is 34.6 Å². The second kappa shape index (κ2) is 5.90. The van der Waals surface area contributed by atoms with E-state index in [1.807, 2.05) is 16.7 Å². The van der Waals surface area contributed by atoms with Gasteiger partial charge in [0, 0.05) is 13.3 Å². The van der Waals surface area contributed by atoms with Crippen LogP contribution in [0, 0.1) is 0 Å². The number of rotatable bonds is 4. The average Bonchev–Trinajstić information content (AvgIpc) is 3.04. The molecule has 0 bridgehead atoms. The van der Waals surface area contributed by atoms with Gasteiger partial charge in [-0.05, 0) is 17.7 Å². The molecule has 2 aromatic rings. The van der Waals surface area contributed by atoms with Crippen molar-refractivity contribution in [3.8, 4) is 0 Å². The second-order valence-corrected chi connectivity index (χ2v) is 5.15. The molecule has 0 unspecified atom stereocenters. The van der Waals surface area contributed by atoms with E-state index in [9.17, 15) is 4.79 Å². The van der Waals surface area contributed by atoms with Gasteiger partial charge in [0.25, 0.3) is 0 Å². The zero-order valence-corrected chi connectivity index (χ0v) is 12.7. The maximum atomic E-state index is 11.0. The SMILES string of the molecule is CONc1nc(Cl)nc2c1ncn2[C@H]1C=C[C@H](OC(C)=O)C1. The highest BCUT2D eigenvalue weighted by Crippen LogP contribution is 2.30. The third kappa shape index (κ3) is 2.75. The van der Waals surface area contributed by atoms with Crippen LogP contribution in [0.1, 0.15) is 19.4 Å². The molecule has 2 atom stereocenters. The molecule has 0 fully saturated rings. The van der Waals surface area contributed by atoms with Gasteiger partial charge in [-0.25, -0.2) is 10.5 Å². The van der Waals surface area contributed by atoms with Crippen LogP contribution in [0.5, 0.6) is 0 Å². The predicted molar refractivity (Wildman–Crippen MR) is 79.3 cm³/mol. The standard InChI is InChI=1S/C13H14ClN5O3/c1-7(20)22-9-4-3-8(5-9)19-6-15-10-11(18-21-2)16-13(14)17-12(10)19/h3-4,6,8-9H,5H2,1-2H3,(H,16,17,18)/t8-,9-/m0/s1. The summed E-state index contributed by atoms with van der Waals surface area (Å²) in [6.45, 7) is 1.39. The maximum Gasteiger partial charge on any atom is 0.303 e. The second-order valence-electron chi connectivity index (χ2n) is 4.81. The Kier molecular flexibility index (Phi) is 3.95. The number of hydrogen-bond donors (Lipinski definition) is 1. The Bertz CT molecular complexity index is 745. The van der Waals surface area contributed by atoms with Crippen LogP contribution >= 0.6 is 11.6 Å². The number of carbonyl (C=O) groups excluding carboxylic acids is 1. The normalized spacial score (nSPS) is 20.5. The molecule has 0 aliphatic heterocycles. The molecular formula is C13H14ClN5O3. The number of hydrogen-bond acceptors (Lipinski definition) is 7. The van der Waals surface area contributed by atoms with Crippen molar-refractivity contribution in [2.45, 2.75) is 25.5 Å². The molecule has 2 aromatic heterocycles. The average molecular weight is 324 g/mol. The molecule has 0 saturated carbocycles. The summed E-state index contributed by atoms with van der Waals surface area (Å²) in [4.78, 5) is 28.5. The molecule has 3 rings (SSSR count). The van der Waals surface area contributed by atoms with E-state index in [2.05, 4.69) is 20.4 Å². The van der Waals surface area contributed by atoms with Crippen LogP contribution in [0.25, 0.3) is 11.2 Å². The lowest BCUT2D eigenvalue weighted by atomic mass is 10.2. The minimum atomic E-state index is -0.303. The summed E-state index contributed by atoms with van der Waals surface area (Å²) >= 11 is 5.95. The van der Waals surface area contributed by atoms with Crippen LogP contribution in [0.2, 0.25) is 5.28 Å². The van der Waals surface area contributed by atoms with E-state index in [4.69, 9.17) is 21.2 Å². The first kappa shape index (κ1) is 14.7. The minimum Gasteiger partial charge on any atom is -0.458 e. The molecule has 1 aliphatic rings. The van der Waals surface area contributed by atoms with Crippen molar-refractivity contribution in [1.82, 2.24) is 19.5 Å². The lowest BCUT2D eigenvalue weighted by Crippen LogP contribution is -2.14.